The van der Waals surface area contributed by atoms with Crippen LogP contribution in [0.25, 0.3) is 0 Å². The summed E-state index contributed by atoms with van der Waals surface area (Å²) in [4.78, 5) is 16.3. The molecule has 1 aromatic carbocycles. The standard InChI is InChI=1S/C18H29FN4O3S/c1-4-20-18(23-14(2)9-12-27(3,25)26)22-11-10-21-17(24)13-15-5-7-16(19)8-6-15/h5-8,14H,4,9-13H2,1-3H3,(H,21,24)(H2,20,22,23). The number of nitrogens with one attached hydrogen (secondary N) is 3. The van der Waals surface area contributed by atoms with Crippen molar-refractivity contribution in [3.05, 3.63) is 35.6 Å². The summed E-state index contributed by atoms with van der Waals surface area (Å²) in [6.07, 6.45) is 1.89. The maximum absolute atomic E-state index is 12.9. The van der Waals surface area contributed by atoms with Gasteiger partial charge in [-0.3, -0.25) is 9.79 Å². The fraction of sp³-hybridized carbons (Fsp3) is 0.556. The topological polar surface area (TPSA) is 99.7 Å². The Bertz CT molecular complexity index is 721. The highest BCUT2D eigenvalue weighted by Gasteiger charge is 2.09. The number of benzene rings is 1. The Kier molecular flexibility index (Phi) is 9.77. The molecule has 3 N–H and O–H groups in total. The first kappa shape index (κ1) is 22.9. The van der Waals surface area contributed by atoms with E-state index < -0.39 is 9.84 Å². The monoisotopic (exact) mass is 400 g/mol. The number of carbonyl (C=O) groups excluding carboxylic acids is 1. The van der Waals surface area contributed by atoms with Crippen LogP contribution in [0, 0.1) is 5.82 Å². The number of sulfone groups is 1. The SMILES string of the molecule is CCNC(=NCCNC(=O)Cc1ccc(F)cc1)NC(C)CCS(C)(=O)=O. The fourth-order valence-electron chi connectivity index (χ4n) is 2.23. The third-order valence-corrected chi connectivity index (χ3v) is 4.61. The van der Waals surface area contributed by atoms with Crippen LogP contribution in [0.4, 0.5) is 4.39 Å². The van der Waals surface area contributed by atoms with E-state index >= 15 is 0 Å². The number of rotatable bonds is 10. The molecule has 0 fully saturated rings. The Labute approximate surface area is 160 Å². The van der Waals surface area contributed by atoms with E-state index in [0.29, 0.717) is 32.0 Å². The van der Waals surface area contributed by atoms with Crippen molar-refractivity contribution >= 4 is 21.7 Å². The van der Waals surface area contributed by atoms with Crippen molar-refractivity contribution in [1.82, 2.24) is 16.0 Å². The van der Waals surface area contributed by atoms with Gasteiger partial charge in [0.25, 0.3) is 0 Å². The zero-order valence-corrected chi connectivity index (χ0v) is 16.9. The van der Waals surface area contributed by atoms with Crippen LogP contribution in [0.15, 0.2) is 29.3 Å². The zero-order chi connectivity index (χ0) is 20.3. The quantitative estimate of drug-likeness (QED) is 0.307. The van der Waals surface area contributed by atoms with Crippen LogP contribution in [0.5, 0.6) is 0 Å². The summed E-state index contributed by atoms with van der Waals surface area (Å²) in [5.41, 5.74) is 0.743. The molecule has 0 saturated heterocycles. The summed E-state index contributed by atoms with van der Waals surface area (Å²) in [6, 6.07) is 5.76. The van der Waals surface area contributed by atoms with E-state index in [4.69, 9.17) is 0 Å². The van der Waals surface area contributed by atoms with Crippen molar-refractivity contribution in [1.29, 1.82) is 0 Å². The Morgan fingerprint density at radius 2 is 1.89 bits per heavy atom. The highest BCUT2D eigenvalue weighted by molar-refractivity contribution is 7.90. The molecule has 0 aromatic heterocycles. The minimum atomic E-state index is -2.99. The fourth-order valence-corrected chi connectivity index (χ4v) is 3.01. The van der Waals surface area contributed by atoms with E-state index in [0.717, 1.165) is 5.56 Å². The number of hydrogen-bond acceptors (Lipinski definition) is 4. The zero-order valence-electron chi connectivity index (χ0n) is 16.1. The van der Waals surface area contributed by atoms with Gasteiger partial charge < -0.3 is 16.0 Å². The lowest BCUT2D eigenvalue weighted by Gasteiger charge is -2.17. The molecular formula is C18H29FN4O3S. The minimum Gasteiger partial charge on any atom is -0.357 e. The first-order valence-corrected chi connectivity index (χ1v) is 11.0. The molecular weight excluding hydrogens is 371 g/mol. The molecule has 152 valence electrons. The van der Waals surface area contributed by atoms with Crippen LogP contribution in [0.3, 0.4) is 0 Å². The molecule has 1 aromatic rings. The van der Waals surface area contributed by atoms with E-state index in [2.05, 4.69) is 20.9 Å². The van der Waals surface area contributed by atoms with Crippen LogP contribution in [0.2, 0.25) is 0 Å². The van der Waals surface area contributed by atoms with Crippen molar-refractivity contribution in [2.45, 2.75) is 32.7 Å². The largest absolute Gasteiger partial charge is 0.357 e. The van der Waals surface area contributed by atoms with Crippen molar-refractivity contribution < 1.29 is 17.6 Å². The summed E-state index contributed by atoms with van der Waals surface area (Å²) >= 11 is 0. The summed E-state index contributed by atoms with van der Waals surface area (Å²) < 4.78 is 35.3. The van der Waals surface area contributed by atoms with Gasteiger partial charge in [0.05, 0.1) is 18.7 Å². The second-order valence-corrected chi connectivity index (χ2v) is 8.64. The normalized spacial score (nSPS) is 13.1. The van der Waals surface area contributed by atoms with E-state index in [9.17, 15) is 17.6 Å². The number of guanidine groups is 1. The third kappa shape index (κ3) is 11.2. The van der Waals surface area contributed by atoms with Crippen molar-refractivity contribution in [2.24, 2.45) is 4.99 Å². The van der Waals surface area contributed by atoms with Crippen LogP contribution in [-0.4, -0.2) is 58.0 Å². The molecule has 0 bridgehead atoms. The van der Waals surface area contributed by atoms with Crippen molar-refractivity contribution in [3.63, 3.8) is 0 Å². The van der Waals surface area contributed by atoms with Gasteiger partial charge >= 0.3 is 0 Å². The smallest absolute Gasteiger partial charge is 0.224 e. The Morgan fingerprint density at radius 3 is 2.48 bits per heavy atom. The van der Waals surface area contributed by atoms with Crippen LogP contribution < -0.4 is 16.0 Å². The summed E-state index contributed by atoms with van der Waals surface area (Å²) in [5.74, 6) is 0.199. The Hall–Kier alpha value is -2.16. The highest BCUT2D eigenvalue weighted by atomic mass is 32.2. The molecule has 1 amide bonds. The van der Waals surface area contributed by atoms with E-state index in [1.165, 1.54) is 18.4 Å². The van der Waals surface area contributed by atoms with Gasteiger partial charge in [-0.05, 0) is 38.0 Å². The Balaban J connectivity index is 2.39. The predicted molar refractivity (Wildman–Crippen MR) is 106 cm³/mol. The first-order chi connectivity index (χ1) is 12.7. The first-order valence-electron chi connectivity index (χ1n) is 8.93. The number of nitrogens with zero attached hydrogens (tertiary/aromatic N) is 1. The summed E-state index contributed by atoms with van der Waals surface area (Å²) in [6.45, 7) is 5.24. The van der Waals surface area contributed by atoms with Gasteiger partial charge in [0.1, 0.15) is 15.7 Å². The van der Waals surface area contributed by atoms with Gasteiger partial charge in [-0.2, -0.15) is 0 Å². The van der Waals surface area contributed by atoms with Crippen molar-refractivity contribution in [3.8, 4) is 0 Å². The third-order valence-electron chi connectivity index (χ3n) is 3.63. The van der Waals surface area contributed by atoms with Gasteiger partial charge in [0.15, 0.2) is 5.96 Å². The van der Waals surface area contributed by atoms with Gasteiger partial charge in [-0.15, -0.1) is 0 Å². The molecule has 9 heteroatoms. The molecule has 1 rings (SSSR count). The summed E-state index contributed by atoms with van der Waals surface area (Å²) in [7, 11) is -2.99. The lowest BCUT2D eigenvalue weighted by molar-refractivity contribution is -0.120. The van der Waals surface area contributed by atoms with Gasteiger partial charge in [0.2, 0.25) is 5.91 Å². The number of halogens is 1. The molecule has 0 aliphatic carbocycles. The van der Waals surface area contributed by atoms with Gasteiger partial charge in [-0.1, -0.05) is 12.1 Å². The lowest BCUT2D eigenvalue weighted by atomic mass is 10.1. The minimum absolute atomic E-state index is 0.0504. The lowest BCUT2D eigenvalue weighted by Crippen LogP contribution is -2.43. The number of aliphatic imine (C=N–C) groups is 1. The number of carbonyl (C=O) groups is 1. The Morgan fingerprint density at radius 1 is 1.22 bits per heavy atom. The molecule has 7 nitrogen and oxygen atoms in total. The predicted octanol–water partition coefficient (Wildman–Crippen LogP) is 0.863. The van der Waals surface area contributed by atoms with E-state index in [-0.39, 0.29) is 29.9 Å². The van der Waals surface area contributed by atoms with E-state index in [1.54, 1.807) is 12.1 Å². The van der Waals surface area contributed by atoms with Crippen LogP contribution in [0.1, 0.15) is 25.8 Å². The second kappa shape index (κ2) is 11.5. The molecule has 0 aliphatic heterocycles. The van der Waals surface area contributed by atoms with Crippen LogP contribution >= 0.6 is 0 Å². The van der Waals surface area contributed by atoms with Gasteiger partial charge in [0, 0.05) is 25.4 Å². The molecule has 0 aliphatic rings. The average Bonchev–Trinajstić information content (AvgIpc) is 2.58. The molecule has 1 atom stereocenters. The molecule has 0 radical (unpaired) electrons. The molecule has 1 unspecified atom stereocenters. The molecule has 0 spiro atoms. The number of amides is 1. The average molecular weight is 401 g/mol. The number of hydrogen-bond donors (Lipinski definition) is 3. The second-order valence-electron chi connectivity index (χ2n) is 6.38. The molecule has 27 heavy (non-hydrogen) atoms. The highest BCUT2D eigenvalue weighted by Crippen LogP contribution is 2.03. The molecule has 0 saturated carbocycles. The van der Waals surface area contributed by atoms with E-state index in [1.807, 2.05) is 13.8 Å². The van der Waals surface area contributed by atoms with Gasteiger partial charge in [-0.25, -0.2) is 12.8 Å². The molecule has 0 heterocycles. The van der Waals surface area contributed by atoms with Crippen LogP contribution in [-0.2, 0) is 21.1 Å². The maximum Gasteiger partial charge on any atom is 0.224 e. The van der Waals surface area contributed by atoms with Crippen molar-refractivity contribution in [2.75, 3.05) is 31.6 Å². The maximum atomic E-state index is 12.9. The summed E-state index contributed by atoms with van der Waals surface area (Å²) in [5, 5.41) is 9.00.